The Morgan fingerprint density at radius 2 is 1.72 bits per heavy atom. The average molecular weight is 433 g/mol. The zero-order chi connectivity index (χ0) is 22.5. The number of carbonyl (C=O) groups excluding carboxylic acids is 1. The predicted molar refractivity (Wildman–Crippen MR) is 120 cm³/mol. The van der Waals surface area contributed by atoms with E-state index in [0.29, 0.717) is 30.5 Å². The van der Waals surface area contributed by atoms with Crippen LogP contribution in [0.4, 0.5) is 4.39 Å². The molecule has 1 aliphatic heterocycles. The third kappa shape index (κ3) is 4.59. The smallest absolute Gasteiger partial charge is 0.247 e. The molecule has 0 saturated heterocycles. The van der Waals surface area contributed by atoms with Crippen molar-refractivity contribution in [2.24, 2.45) is 0 Å². The highest BCUT2D eigenvalue weighted by Crippen LogP contribution is 2.40. The lowest BCUT2D eigenvalue weighted by Gasteiger charge is -2.28. The molecule has 0 aromatic heterocycles. The van der Waals surface area contributed by atoms with E-state index in [0.717, 1.165) is 16.7 Å². The van der Waals surface area contributed by atoms with Gasteiger partial charge < -0.3 is 19.1 Å². The summed E-state index contributed by atoms with van der Waals surface area (Å²) in [6, 6.07) is 19.1. The molecule has 0 fully saturated rings. The highest BCUT2D eigenvalue weighted by Gasteiger charge is 2.23. The van der Waals surface area contributed by atoms with E-state index in [4.69, 9.17) is 14.2 Å². The van der Waals surface area contributed by atoms with Crippen molar-refractivity contribution in [1.29, 1.82) is 0 Å². The van der Waals surface area contributed by atoms with Crippen LogP contribution in [0, 0.1) is 5.82 Å². The Morgan fingerprint density at radius 1 is 1.03 bits per heavy atom. The number of rotatable bonds is 6. The zero-order valence-electron chi connectivity index (χ0n) is 18.0. The summed E-state index contributed by atoms with van der Waals surface area (Å²) in [6.45, 7) is 0.924. The Labute approximate surface area is 186 Å². The van der Waals surface area contributed by atoms with Crippen LogP contribution in [0.15, 0.2) is 72.8 Å². The van der Waals surface area contributed by atoms with Crippen LogP contribution >= 0.6 is 0 Å². The molecule has 0 radical (unpaired) electrons. The van der Waals surface area contributed by atoms with Crippen molar-refractivity contribution < 1.29 is 23.4 Å². The number of fused-ring (bicyclic) bond motifs is 1. The van der Waals surface area contributed by atoms with Crippen LogP contribution in [-0.2, 0) is 4.79 Å². The zero-order valence-corrected chi connectivity index (χ0v) is 18.0. The Kier molecular flexibility index (Phi) is 6.40. The van der Waals surface area contributed by atoms with Crippen LogP contribution < -0.4 is 14.2 Å². The fourth-order valence-electron chi connectivity index (χ4n) is 3.72. The molecular weight excluding hydrogens is 409 g/mol. The van der Waals surface area contributed by atoms with Crippen molar-refractivity contribution in [3.8, 4) is 17.2 Å². The van der Waals surface area contributed by atoms with Crippen LogP contribution in [0.25, 0.3) is 6.08 Å². The Morgan fingerprint density at radius 3 is 2.44 bits per heavy atom. The molecule has 0 N–H and O–H groups in total. The van der Waals surface area contributed by atoms with E-state index in [1.54, 1.807) is 43.3 Å². The SMILES string of the molecule is COc1cc(/C=C/C(=O)N(C)C(c2ccccc2)c2ccc(F)cc2)cc2c1OCCO2. The molecule has 0 saturated carbocycles. The number of halogens is 1. The second kappa shape index (κ2) is 9.56. The summed E-state index contributed by atoms with van der Waals surface area (Å²) in [7, 11) is 3.30. The first kappa shape index (κ1) is 21.4. The van der Waals surface area contributed by atoms with E-state index in [9.17, 15) is 9.18 Å². The van der Waals surface area contributed by atoms with E-state index in [1.165, 1.54) is 18.2 Å². The van der Waals surface area contributed by atoms with E-state index in [2.05, 4.69) is 0 Å². The molecule has 1 aliphatic rings. The standard InChI is InChI=1S/C26H24FNO4/c1-28(25(19-6-4-3-5-7-19)20-9-11-21(27)12-10-20)24(29)13-8-18-16-22(30-2)26-23(17-18)31-14-15-32-26/h3-13,16-17,25H,14-15H2,1-2H3/b13-8+. The second-order valence-corrected chi connectivity index (χ2v) is 7.39. The molecule has 32 heavy (non-hydrogen) atoms. The van der Waals surface area contributed by atoms with Crippen LogP contribution in [-0.4, -0.2) is 38.2 Å². The first-order chi connectivity index (χ1) is 15.6. The molecule has 0 spiro atoms. The van der Waals surface area contributed by atoms with E-state index in [-0.39, 0.29) is 17.8 Å². The van der Waals surface area contributed by atoms with Crippen molar-refractivity contribution in [2.75, 3.05) is 27.4 Å². The van der Waals surface area contributed by atoms with E-state index < -0.39 is 0 Å². The number of hydrogen-bond acceptors (Lipinski definition) is 4. The lowest BCUT2D eigenvalue weighted by molar-refractivity contribution is -0.126. The molecule has 1 unspecified atom stereocenters. The van der Waals surface area contributed by atoms with Gasteiger partial charge in [-0.05, 0) is 47.0 Å². The molecule has 4 rings (SSSR count). The molecule has 0 aliphatic carbocycles. The van der Waals surface area contributed by atoms with Gasteiger partial charge in [-0.3, -0.25) is 4.79 Å². The van der Waals surface area contributed by atoms with Gasteiger partial charge in [-0.15, -0.1) is 0 Å². The van der Waals surface area contributed by atoms with Gasteiger partial charge in [-0.2, -0.15) is 0 Å². The van der Waals surface area contributed by atoms with Crippen molar-refractivity contribution in [3.05, 3.63) is 95.3 Å². The number of benzene rings is 3. The average Bonchev–Trinajstić information content (AvgIpc) is 2.84. The molecule has 1 amide bonds. The Bertz CT molecular complexity index is 1100. The highest BCUT2D eigenvalue weighted by molar-refractivity contribution is 5.92. The molecule has 6 heteroatoms. The Hall–Kier alpha value is -3.80. The van der Waals surface area contributed by atoms with Crippen molar-refractivity contribution in [3.63, 3.8) is 0 Å². The molecule has 0 bridgehead atoms. The summed E-state index contributed by atoms with van der Waals surface area (Å²) in [4.78, 5) is 14.7. The maximum atomic E-state index is 13.5. The van der Waals surface area contributed by atoms with Gasteiger partial charge in [0.25, 0.3) is 0 Å². The molecule has 5 nitrogen and oxygen atoms in total. The summed E-state index contributed by atoms with van der Waals surface area (Å²) in [5.41, 5.74) is 2.51. The van der Waals surface area contributed by atoms with Gasteiger partial charge in [0, 0.05) is 13.1 Å². The molecular formula is C26H24FNO4. The van der Waals surface area contributed by atoms with Gasteiger partial charge in [-0.25, -0.2) is 4.39 Å². The fourth-order valence-corrected chi connectivity index (χ4v) is 3.72. The lowest BCUT2D eigenvalue weighted by atomic mass is 9.97. The quantitative estimate of drug-likeness (QED) is 0.521. The Balaban J connectivity index is 1.61. The number of methoxy groups -OCH3 is 1. The van der Waals surface area contributed by atoms with Crippen LogP contribution in [0.1, 0.15) is 22.7 Å². The lowest BCUT2D eigenvalue weighted by Crippen LogP contribution is -2.30. The minimum absolute atomic E-state index is 0.197. The highest BCUT2D eigenvalue weighted by atomic mass is 19.1. The first-order valence-corrected chi connectivity index (χ1v) is 10.3. The first-order valence-electron chi connectivity index (χ1n) is 10.3. The van der Waals surface area contributed by atoms with Gasteiger partial charge >= 0.3 is 0 Å². The van der Waals surface area contributed by atoms with Crippen molar-refractivity contribution in [1.82, 2.24) is 4.90 Å². The number of likely N-dealkylation sites (N-methyl/N-ethyl adjacent to an activating group) is 1. The number of hydrogen-bond donors (Lipinski definition) is 0. The number of ether oxygens (including phenoxy) is 3. The monoisotopic (exact) mass is 433 g/mol. The summed E-state index contributed by atoms with van der Waals surface area (Å²) in [5, 5.41) is 0. The van der Waals surface area contributed by atoms with Gasteiger partial charge in [0.15, 0.2) is 11.5 Å². The third-order valence-corrected chi connectivity index (χ3v) is 5.30. The van der Waals surface area contributed by atoms with Crippen LogP contribution in [0.2, 0.25) is 0 Å². The largest absolute Gasteiger partial charge is 0.493 e. The summed E-state index contributed by atoms with van der Waals surface area (Å²) >= 11 is 0. The molecule has 3 aromatic rings. The second-order valence-electron chi connectivity index (χ2n) is 7.39. The van der Waals surface area contributed by atoms with Crippen molar-refractivity contribution in [2.45, 2.75) is 6.04 Å². The van der Waals surface area contributed by atoms with E-state index >= 15 is 0 Å². The summed E-state index contributed by atoms with van der Waals surface area (Å²) in [6.07, 6.45) is 3.22. The summed E-state index contributed by atoms with van der Waals surface area (Å²) < 4.78 is 30.2. The fraction of sp³-hybridized carbons (Fsp3) is 0.192. The molecule has 3 aromatic carbocycles. The predicted octanol–water partition coefficient (Wildman–Crippen LogP) is 4.87. The third-order valence-electron chi connectivity index (χ3n) is 5.30. The maximum Gasteiger partial charge on any atom is 0.247 e. The van der Waals surface area contributed by atoms with Gasteiger partial charge in [0.1, 0.15) is 19.0 Å². The number of carbonyl (C=O) groups is 1. The molecule has 1 atom stereocenters. The van der Waals surface area contributed by atoms with Crippen LogP contribution in [0.3, 0.4) is 0 Å². The van der Waals surface area contributed by atoms with Gasteiger partial charge in [0.2, 0.25) is 11.7 Å². The van der Waals surface area contributed by atoms with Gasteiger partial charge in [-0.1, -0.05) is 42.5 Å². The topological polar surface area (TPSA) is 48.0 Å². The van der Waals surface area contributed by atoms with Crippen molar-refractivity contribution >= 4 is 12.0 Å². The normalized spacial score (nSPS) is 13.6. The van der Waals surface area contributed by atoms with Crippen LogP contribution in [0.5, 0.6) is 17.2 Å². The molecule has 164 valence electrons. The van der Waals surface area contributed by atoms with Gasteiger partial charge in [0.05, 0.1) is 13.2 Å². The maximum absolute atomic E-state index is 13.5. The number of amides is 1. The summed E-state index contributed by atoms with van der Waals surface area (Å²) in [5.74, 6) is 1.19. The van der Waals surface area contributed by atoms with E-state index in [1.807, 2.05) is 36.4 Å². The minimum Gasteiger partial charge on any atom is -0.493 e. The minimum atomic E-state index is -0.358. The molecule has 1 heterocycles. The number of nitrogens with zero attached hydrogens (tertiary/aromatic N) is 1.